The van der Waals surface area contributed by atoms with Crippen LogP contribution in [0.3, 0.4) is 0 Å². The summed E-state index contributed by atoms with van der Waals surface area (Å²) >= 11 is 0. The number of nitrogens with one attached hydrogen (secondary N) is 1. The Bertz CT molecular complexity index is 497. The molecule has 5 nitrogen and oxygen atoms in total. The SMILES string of the molecule is Cc1ccc(NC(=O)OCCC#N)cc1C#N. The van der Waals surface area contributed by atoms with E-state index in [4.69, 9.17) is 15.3 Å². The molecule has 1 aromatic carbocycles. The molecule has 0 bridgehead atoms. The van der Waals surface area contributed by atoms with Gasteiger partial charge in [0.15, 0.2) is 0 Å². The number of ether oxygens (including phenoxy) is 1. The summed E-state index contributed by atoms with van der Waals surface area (Å²) in [6.07, 6.45) is -0.474. The van der Waals surface area contributed by atoms with Gasteiger partial charge < -0.3 is 4.74 Å². The minimum Gasteiger partial charge on any atom is -0.448 e. The number of hydrogen-bond donors (Lipinski definition) is 1. The molecule has 1 rings (SSSR count). The molecule has 0 radical (unpaired) electrons. The molecule has 0 aliphatic heterocycles. The molecule has 0 aliphatic rings. The number of aryl methyl sites for hydroxylation is 1. The normalized spacial score (nSPS) is 8.88. The number of hydrogen-bond acceptors (Lipinski definition) is 4. The molecule has 0 saturated carbocycles. The highest BCUT2D eigenvalue weighted by Gasteiger charge is 2.04. The number of benzene rings is 1. The van der Waals surface area contributed by atoms with E-state index in [1.165, 1.54) is 0 Å². The standard InChI is InChI=1S/C12H11N3O2/c1-9-3-4-11(7-10(9)8-14)15-12(16)17-6-2-5-13/h3-4,7H,2,6H2,1H3,(H,15,16). The summed E-state index contributed by atoms with van der Waals surface area (Å²) in [4.78, 5) is 11.2. The van der Waals surface area contributed by atoms with E-state index in [2.05, 4.69) is 5.32 Å². The van der Waals surface area contributed by atoms with Crippen molar-refractivity contribution in [3.8, 4) is 12.1 Å². The number of rotatable bonds is 3. The van der Waals surface area contributed by atoms with Crippen molar-refractivity contribution in [2.24, 2.45) is 0 Å². The van der Waals surface area contributed by atoms with Crippen LogP contribution < -0.4 is 5.32 Å². The van der Waals surface area contributed by atoms with Gasteiger partial charge in [-0.05, 0) is 24.6 Å². The Kier molecular flexibility index (Phi) is 4.53. The van der Waals surface area contributed by atoms with Gasteiger partial charge in [0.1, 0.15) is 6.61 Å². The molecular weight excluding hydrogens is 218 g/mol. The monoisotopic (exact) mass is 229 g/mol. The summed E-state index contributed by atoms with van der Waals surface area (Å²) in [7, 11) is 0. The third kappa shape index (κ3) is 3.84. The third-order valence-corrected chi connectivity index (χ3v) is 2.05. The van der Waals surface area contributed by atoms with Gasteiger partial charge in [-0.3, -0.25) is 5.32 Å². The van der Waals surface area contributed by atoms with Crippen LogP contribution in [0.1, 0.15) is 17.5 Å². The highest BCUT2D eigenvalue weighted by atomic mass is 16.5. The fourth-order valence-corrected chi connectivity index (χ4v) is 1.16. The predicted octanol–water partition coefficient (Wildman–Crippen LogP) is 2.33. The van der Waals surface area contributed by atoms with E-state index >= 15 is 0 Å². The van der Waals surface area contributed by atoms with Crippen molar-refractivity contribution in [1.82, 2.24) is 0 Å². The van der Waals surface area contributed by atoms with Crippen LogP contribution in [0.15, 0.2) is 18.2 Å². The highest BCUT2D eigenvalue weighted by Crippen LogP contribution is 2.14. The lowest BCUT2D eigenvalue weighted by atomic mass is 10.1. The molecule has 0 saturated heterocycles. The number of nitrogens with zero attached hydrogens (tertiary/aromatic N) is 2. The summed E-state index contributed by atoms with van der Waals surface area (Å²) in [6, 6.07) is 8.88. The smallest absolute Gasteiger partial charge is 0.411 e. The summed E-state index contributed by atoms with van der Waals surface area (Å²) < 4.78 is 4.73. The summed E-state index contributed by atoms with van der Waals surface area (Å²) in [5.74, 6) is 0. The maximum Gasteiger partial charge on any atom is 0.411 e. The van der Waals surface area contributed by atoms with Gasteiger partial charge in [0.2, 0.25) is 0 Å². The Morgan fingerprint density at radius 1 is 1.47 bits per heavy atom. The Morgan fingerprint density at radius 3 is 2.88 bits per heavy atom. The summed E-state index contributed by atoms with van der Waals surface area (Å²) in [6.45, 7) is 1.87. The molecule has 17 heavy (non-hydrogen) atoms. The first kappa shape index (κ1) is 12.5. The Morgan fingerprint density at radius 2 is 2.24 bits per heavy atom. The fraction of sp³-hybridized carbons (Fsp3) is 0.250. The van der Waals surface area contributed by atoms with E-state index in [-0.39, 0.29) is 13.0 Å². The fourth-order valence-electron chi connectivity index (χ4n) is 1.16. The van der Waals surface area contributed by atoms with Crippen LogP contribution in [0.4, 0.5) is 10.5 Å². The number of carbonyl (C=O) groups is 1. The van der Waals surface area contributed by atoms with Crippen molar-refractivity contribution in [1.29, 1.82) is 10.5 Å². The van der Waals surface area contributed by atoms with E-state index in [9.17, 15) is 4.79 Å². The van der Waals surface area contributed by atoms with Crippen LogP contribution in [-0.2, 0) is 4.74 Å². The van der Waals surface area contributed by atoms with E-state index in [0.29, 0.717) is 11.3 Å². The maximum atomic E-state index is 11.2. The van der Waals surface area contributed by atoms with Crippen LogP contribution in [0, 0.1) is 29.6 Å². The molecule has 1 amide bonds. The van der Waals surface area contributed by atoms with Crippen LogP contribution in [0.5, 0.6) is 0 Å². The molecule has 0 aliphatic carbocycles. The van der Waals surface area contributed by atoms with Crippen molar-refractivity contribution in [3.63, 3.8) is 0 Å². The van der Waals surface area contributed by atoms with E-state index in [0.717, 1.165) is 5.56 Å². The summed E-state index contributed by atoms with van der Waals surface area (Å²) in [5.41, 5.74) is 1.84. The molecule has 86 valence electrons. The first-order chi connectivity index (χ1) is 8.17. The van der Waals surface area contributed by atoms with E-state index < -0.39 is 6.09 Å². The Labute approximate surface area is 99.2 Å². The first-order valence-corrected chi connectivity index (χ1v) is 4.99. The molecule has 1 aromatic rings. The number of carbonyl (C=O) groups excluding carboxylic acids is 1. The topological polar surface area (TPSA) is 85.9 Å². The maximum absolute atomic E-state index is 11.2. The van der Waals surface area contributed by atoms with Crippen molar-refractivity contribution in [3.05, 3.63) is 29.3 Å². The minimum absolute atomic E-state index is 0.0549. The zero-order chi connectivity index (χ0) is 12.7. The highest BCUT2D eigenvalue weighted by molar-refractivity contribution is 5.84. The second-order valence-electron chi connectivity index (χ2n) is 3.31. The summed E-state index contributed by atoms with van der Waals surface area (Å²) in [5, 5.41) is 19.6. The van der Waals surface area contributed by atoms with Crippen molar-refractivity contribution in [2.45, 2.75) is 13.3 Å². The van der Waals surface area contributed by atoms with Crippen molar-refractivity contribution in [2.75, 3.05) is 11.9 Å². The molecule has 0 atom stereocenters. The van der Waals surface area contributed by atoms with Gasteiger partial charge in [-0.25, -0.2) is 4.79 Å². The van der Waals surface area contributed by atoms with Crippen molar-refractivity contribution < 1.29 is 9.53 Å². The first-order valence-electron chi connectivity index (χ1n) is 4.99. The van der Waals surface area contributed by atoms with Gasteiger partial charge >= 0.3 is 6.09 Å². The Hall–Kier alpha value is -2.53. The lowest BCUT2D eigenvalue weighted by Crippen LogP contribution is -2.14. The van der Waals surface area contributed by atoms with Gasteiger partial charge in [0.25, 0.3) is 0 Å². The van der Waals surface area contributed by atoms with Gasteiger partial charge in [-0.2, -0.15) is 10.5 Å². The Balaban J connectivity index is 2.61. The van der Waals surface area contributed by atoms with Gasteiger partial charge in [-0.1, -0.05) is 6.07 Å². The van der Waals surface area contributed by atoms with Crippen LogP contribution in [-0.4, -0.2) is 12.7 Å². The van der Waals surface area contributed by atoms with Gasteiger partial charge in [-0.15, -0.1) is 0 Å². The molecule has 0 aromatic heterocycles. The molecular formula is C12H11N3O2. The van der Waals surface area contributed by atoms with Crippen molar-refractivity contribution >= 4 is 11.8 Å². The lowest BCUT2D eigenvalue weighted by Gasteiger charge is -2.06. The molecule has 0 heterocycles. The largest absolute Gasteiger partial charge is 0.448 e. The van der Waals surface area contributed by atoms with Gasteiger partial charge in [0, 0.05) is 5.69 Å². The van der Waals surface area contributed by atoms with Gasteiger partial charge in [0.05, 0.1) is 24.1 Å². The second kappa shape index (κ2) is 6.14. The second-order valence-corrected chi connectivity index (χ2v) is 3.31. The average Bonchev–Trinajstić information content (AvgIpc) is 2.32. The molecule has 0 unspecified atom stereocenters. The average molecular weight is 229 g/mol. The molecule has 5 heteroatoms. The molecule has 0 spiro atoms. The molecule has 0 fully saturated rings. The number of nitriles is 2. The van der Waals surface area contributed by atoms with E-state index in [1.807, 2.05) is 19.1 Å². The van der Waals surface area contributed by atoms with Crippen LogP contribution >= 0.6 is 0 Å². The predicted molar refractivity (Wildman–Crippen MR) is 61.1 cm³/mol. The third-order valence-electron chi connectivity index (χ3n) is 2.05. The minimum atomic E-state index is -0.631. The van der Waals surface area contributed by atoms with Crippen LogP contribution in [0.2, 0.25) is 0 Å². The number of amides is 1. The molecule has 1 N–H and O–H groups in total. The quantitative estimate of drug-likeness (QED) is 0.806. The zero-order valence-corrected chi connectivity index (χ0v) is 9.36. The lowest BCUT2D eigenvalue weighted by molar-refractivity contribution is 0.164. The van der Waals surface area contributed by atoms with E-state index in [1.54, 1.807) is 18.2 Å². The zero-order valence-electron chi connectivity index (χ0n) is 9.36. The van der Waals surface area contributed by atoms with Crippen LogP contribution in [0.25, 0.3) is 0 Å². The number of anilines is 1.